The van der Waals surface area contributed by atoms with Crippen LogP contribution in [0.4, 0.5) is 61.5 Å². The fraction of sp³-hybridized carbons (Fsp3) is 0.933. The summed E-state index contributed by atoms with van der Waals surface area (Å²) in [6.07, 6.45) is -11.5. The van der Waals surface area contributed by atoms with Crippen LogP contribution in [0.3, 0.4) is 0 Å². The molecule has 1 amide bonds. The maximum atomic E-state index is 13.7. The van der Waals surface area contributed by atoms with Crippen LogP contribution in [0.15, 0.2) is 0 Å². The molecule has 0 aliphatic heterocycles. The number of carbonyl (C=O) groups is 1. The van der Waals surface area contributed by atoms with Gasteiger partial charge < -0.3 is 6.74 Å². The van der Waals surface area contributed by atoms with Crippen molar-refractivity contribution in [1.82, 2.24) is 5.32 Å². The number of hydrogen-bond donors (Lipinski definition) is 2. The molecule has 0 aromatic rings. The summed E-state index contributed by atoms with van der Waals surface area (Å²) in [6, 6.07) is 0. The Hall–Kier alpha value is -0.250. The van der Waals surface area contributed by atoms with Gasteiger partial charge in [0.25, 0.3) is 10.1 Å². The van der Waals surface area contributed by atoms with E-state index in [2.05, 4.69) is 0 Å². The number of amides is 1. The summed E-state index contributed by atoms with van der Waals surface area (Å²) in [7, 11) is -4.59. The molecule has 0 fully saturated rings. The summed E-state index contributed by atoms with van der Waals surface area (Å²) < 4.78 is 213. The third-order valence-corrected chi connectivity index (χ3v) is 6.12. The number of alkyl halides is 14. The van der Waals surface area contributed by atoms with Gasteiger partial charge in [-0.2, -0.15) is 65.5 Å². The maximum absolute atomic E-state index is 13.7. The van der Waals surface area contributed by atoms with Crippen molar-refractivity contribution < 1.29 is 110 Å². The van der Waals surface area contributed by atoms with Gasteiger partial charge in [-0.15, -0.1) is 11.8 Å². The van der Waals surface area contributed by atoms with Gasteiger partial charge in [-0.05, 0) is 13.8 Å². The first-order chi connectivity index (χ1) is 15.5. The van der Waals surface area contributed by atoms with Gasteiger partial charge in [0, 0.05) is 12.2 Å². The Balaban J connectivity index is -0.00000612. The van der Waals surface area contributed by atoms with E-state index in [-0.39, 0.29) is 31.0 Å². The van der Waals surface area contributed by atoms with Crippen LogP contribution in [0, 0.1) is 0 Å². The quantitative estimate of drug-likeness (QED) is 0.186. The Morgan fingerprint density at radius 3 is 1.65 bits per heavy atom. The molecule has 0 radical (unpaired) electrons. The summed E-state index contributed by atoms with van der Waals surface area (Å²) in [5.41, 5.74) is -4.97. The average Bonchev–Trinajstić information content (AvgIpc) is 2.56. The summed E-state index contributed by atoms with van der Waals surface area (Å²) in [5, 5.41) is 1.99. The van der Waals surface area contributed by atoms with Crippen molar-refractivity contribution in [2.45, 2.75) is 73.5 Å². The molecule has 37 heavy (non-hydrogen) atoms. The molecule has 0 saturated heterocycles. The van der Waals surface area contributed by atoms with Gasteiger partial charge in [0.2, 0.25) is 5.91 Å². The van der Waals surface area contributed by atoms with Crippen LogP contribution in [0.5, 0.6) is 0 Å². The molecule has 0 heterocycles. The van der Waals surface area contributed by atoms with Crippen molar-refractivity contribution in [3.63, 3.8) is 0 Å². The molecule has 1 atom stereocenters. The zero-order valence-corrected chi connectivity index (χ0v) is 22.3. The number of nitrogens with one attached hydrogen (secondary N) is 1. The van der Waals surface area contributed by atoms with Gasteiger partial charge in [0.05, 0.1) is 17.7 Å². The van der Waals surface area contributed by atoms with E-state index in [1.165, 1.54) is 0 Å². The Kier molecular flexibility index (Phi) is 12.7. The molecule has 0 spiro atoms. The first-order valence-corrected chi connectivity index (χ1v) is 11.6. The second kappa shape index (κ2) is 12.1. The molecule has 0 bridgehead atoms. The van der Waals surface area contributed by atoms with Crippen LogP contribution >= 0.6 is 11.8 Å². The standard InChI is InChI=1S/C15H17F14NO4S2.Na.H/c1-9(2,6-36(32,33)34)30-8(31)3-4-35-7(16)5-10(17,18)11(19,20)12(21,22)13(23,24)14(25,26)15(27,28)29;;/h7H,3-6H2,1-2H3,(H,30,31)(H,32,33,34);;/q;+1;-1. The average molecular weight is 629 g/mol. The predicted molar refractivity (Wildman–Crippen MR) is 97.1 cm³/mol. The zero-order chi connectivity index (χ0) is 29.4. The minimum absolute atomic E-state index is 0. The first-order valence-electron chi connectivity index (χ1n) is 8.93. The third kappa shape index (κ3) is 9.14. The van der Waals surface area contributed by atoms with Crippen LogP contribution in [0.2, 0.25) is 0 Å². The van der Waals surface area contributed by atoms with Gasteiger partial charge in [0.1, 0.15) is 0 Å². The number of hydrogen-bond acceptors (Lipinski definition) is 4. The molecule has 0 aliphatic carbocycles. The van der Waals surface area contributed by atoms with Crippen LogP contribution in [0.25, 0.3) is 0 Å². The van der Waals surface area contributed by atoms with E-state index in [4.69, 9.17) is 4.55 Å². The molecular formula is C15H18F14NNaO4S2. The van der Waals surface area contributed by atoms with Crippen LogP contribution < -0.4 is 34.9 Å². The summed E-state index contributed by atoms with van der Waals surface area (Å²) in [4.78, 5) is 11.7. The Bertz CT molecular complexity index is 902. The third-order valence-electron chi connectivity index (χ3n) is 4.06. The zero-order valence-electron chi connectivity index (χ0n) is 19.7. The van der Waals surface area contributed by atoms with E-state index in [9.17, 15) is 74.7 Å². The molecule has 0 aliphatic rings. The second-order valence-corrected chi connectivity index (χ2v) is 10.6. The van der Waals surface area contributed by atoms with Crippen molar-refractivity contribution in [3.8, 4) is 0 Å². The van der Waals surface area contributed by atoms with Crippen molar-refractivity contribution in [3.05, 3.63) is 0 Å². The van der Waals surface area contributed by atoms with Crippen LogP contribution in [0.1, 0.15) is 28.1 Å². The smallest absolute Gasteiger partial charge is 1.00 e. The van der Waals surface area contributed by atoms with Gasteiger partial charge in [-0.3, -0.25) is 9.35 Å². The Morgan fingerprint density at radius 1 is 0.865 bits per heavy atom. The minimum atomic E-state index is -8.09. The number of halogens is 14. The topological polar surface area (TPSA) is 83.5 Å². The van der Waals surface area contributed by atoms with Gasteiger partial charge in [-0.1, -0.05) is 0 Å². The summed E-state index contributed by atoms with van der Waals surface area (Å²) in [5.74, 6) is -41.2. The Morgan fingerprint density at radius 2 is 1.27 bits per heavy atom. The molecule has 2 N–H and O–H groups in total. The van der Waals surface area contributed by atoms with Gasteiger partial charge in [-0.25, -0.2) is 4.39 Å². The first kappa shape index (κ1) is 38.9. The van der Waals surface area contributed by atoms with Crippen molar-refractivity contribution in [1.29, 1.82) is 0 Å². The normalized spacial score (nSPS) is 15.7. The number of carbonyl (C=O) groups excluding carboxylic acids is 1. The molecular weight excluding hydrogens is 611 g/mol. The number of rotatable bonds is 13. The van der Waals surface area contributed by atoms with E-state index in [0.717, 1.165) is 13.8 Å². The molecule has 0 saturated carbocycles. The largest absolute Gasteiger partial charge is 1.00 e. The monoisotopic (exact) mass is 629 g/mol. The SMILES string of the molecule is CC(C)(CS(=O)(=O)O)NC(=O)CCSC(F)CC(F)(F)C(F)(F)C(F)(F)C(F)(F)C(F)(F)C(F)(F)F.[H-].[Na+]. The van der Waals surface area contributed by atoms with Gasteiger partial charge >= 0.3 is 65.3 Å². The fourth-order valence-corrected chi connectivity index (χ4v) is 4.27. The molecule has 1 unspecified atom stereocenters. The minimum Gasteiger partial charge on any atom is -1.00 e. The van der Waals surface area contributed by atoms with Crippen molar-refractivity contribution in [2.24, 2.45) is 0 Å². The predicted octanol–water partition coefficient (Wildman–Crippen LogP) is 2.43. The Labute approximate surface area is 228 Å². The van der Waals surface area contributed by atoms with Crippen LogP contribution in [-0.4, -0.2) is 77.2 Å². The van der Waals surface area contributed by atoms with E-state index in [1.807, 2.05) is 5.32 Å². The van der Waals surface area contributed by atoms with E-state index >= 15 is 0 Å². The van der Waals surface area contributed by atoms with E-state index in [1.54, 1.807) is 0 Å². The molecule has 0 aromatic heterocycles. The summed E-state index contributed by atoms with van der Waals surface area (Å²) >= 11 is -0.454. The van der Waals surface area contributed by atoms with E-state index in [0.29, 0.717) is 0 Å². The molecule has 22 heteroatoms. The van der Waals surface area contributed by atoms with E-state index < -0.39 is 99.0 Å². The molecule has 5 nitrogen and oxygen atoms in total. The fourth-order valence-electron chi connectivity index (χ4n) is 2.40. The molecule has 0 aromatic carbocycles. The summed E-state index contributed by atoms with van der Waals surface area (Å²) in [6.45, 7) is 2.18. The molecule has 218 valence electrons. The van der Waals surface area contributed by atoms with Crippen molar-refractivity contribution >= 4 is 27.8 Å². The van der Waals surface area contributed by atoms with Gasteiger partial charge in [0.15, 0.2) is 5.50 Å². The molecule has 0 rings (SSSR count). The number of thioether (sulfide) groups is 1. The second-order valence-electron chi connectivity index (χ2n) is 7.89. The van der Waals surface area contributed by atoms with Crippen molar-refractivity contribution in [2.75, 3.05) is 11.5 Å². The van der Waals surface area contributed by atoms with Crippen LogP contribution in [-0.2, 0) is 14.9 Å². The maximum Gasteiger partial charge on any atom is 1.00 e.